The van der Waals surface area contributed by atoms with Gasteiger partial charge in [-0.05, 0) is 25.5 Å². The fraction of sp³-hybridized carbons (Fsp3) is 0.353. The molecule has 2 aromatic rings. The highest BCUT2D eigenvalue weighted by atomic mass is 16.5. The van der Waals surface area contributed by atoms with E-state index < -0.39 is 5.97 Å². The van der Waals surface area contributed by atoms with Gasteiger partial charge in [0.15, 0.2) is 6.61 Å². The zero-order valence-electron chi connectivity index (χ0n) is 12.8. The molecule has 1 amide bonds. The van der Waals surface area contributed by atoms with Crippen molar-refractivity contribution in [1.29, 1.82) is 0 Å². The first kappa shape index (κ1) is 15.9. The number of ether oxygens (including phenoxy) is 1. The second kappa shape index (κ2) is 7.54. The minimum absolute atomic E-state index is 0.0787. The molecule has 0 bridgehead atoms. The van der Waals surface area contributed by atoms with E-state index in [9.17, 15) is 9.59 Å². The Labute approximate surface area is 129 Å². The zero-order valence-corrected chi connectivity index (χ0v) is 12.8. The maximum atomic E-state index is 11.9. The van der Waals surface area contributed by atoms with Crippen LogP contribution in [0.25, 0.3) is 10.9 Å². The minimum atomic E-state index is -0.593. The number of rotatable bonds is 6. The summed E-state index contributed by atoms with van der Waals surface area (Å²) in [5.74, 6) is -0.890. The number of nitrogens with one attached hydrogen (secondary N) is 1. The maximum absolute atomic E-state index is 11.9. The van der Waals surface area contributed by atoms with Gasteiger partial charge >= 0.3 is 5.97 Å². The molecule has 0 saturated heterocycles. The number of nitrogens with zero attached hydrogens (tertiary/aromatic N) is 1. The van der Waals surface area contributed by atoms with Crippen LogP contribution in [0.2, 0.25) is 0 Å². The first-order valence-corrected chi connectivity index (χ1v) is 7.42. The number of benzene rings is 1. The molecule has 0 radical (unpaired) electrons. The van der Waals surface area contributed by atoms with Gasteiger partial charge in [-0.3, -0.25) is 4.79 Å². The van der Waals surface area contributed by atoms with Crippen molar-refractivity contribution in [2.75, 3.05) is 6.61 Å². The van der Waals surface area contributed by atoms with E-state index in [0.29, 0.717) is 0 Å². The summed E-state index contributed by atoms with van der Waals surface area (Å²) in [5, 5.41) is 3.73. The molecule has 1 aromatic carbocycles. The van der Waals surface area contributed by atoms with Gasteiger partial charge in [-0.15, -0.1) is 0 Å². The summed E-state index contributed by atoms with van der Waals surface area (Å²) in [6, 6.07) is 11.0. The lowest BCUT2D eigenvalue weighted by Crippen LogP contribution is -2.35. The van der Waals surface area contributed by atoms with Gasteiger partial charge in [-0.1, -0.05) is 37.6 Å². The summed E-state index contributed by atoms with van der Waals surface area (Å²) >= 11 is 0. The van der Waals surface area contributed by atoms with Crippen LogP contribution in [0.4, 0.5) is 0 Å². The number of pyridine rings is 1. The lowest BCUT2D eigenvalue weighted by atomic mass is 10.2. The molecule has 22 heavy (non-hydrogen) atoms. The Morgan fingerprint density at radius 2 is 2.00 bits per heavy atom. The van der Waals surface area contributed by atoms with Crippen molar-refractivity contribution in [2.24, 2.45) is 0 Å². The molecule has 1 heterocycles. The van der Waals surface area contributed by atoms with E-state index >= 15 is 0 Å². The molecule has 0 saturated carbocycles. The topological polar surface area (TPSA) is 68.3 Å². The zero-order chi connectivity index (χ0) is 15.9. The van der Waals surface area contributed by atoms with Crippen molar-refractivity contribution < 1.29 is 14.3 Å². The average Bonchev–Trinajstić information content (AvgIpc) is 2.52. The van der Waals surface area contributed by atoms with Crippen molar-refractivity contribution >= 4 is 22.8 Å². The number of carbonyl (C=O) groups excluding carboxylic acids is 2. The van der Waals surface area contributed by atoms with Crippen LogP contribution in [0, 0.1) is 0 Å². The molecule has 5 heteroatoms. The normalized spacial score (nSPS) is 11.9. The second-order valence-corrected chi connectivity index (χ2v) is 5.22. The molecule has 0 unspecified atom stereocenters. The van der Waals surface area contributed by atoms with Gasteiger partial charge < -0.3 is 10.1 Å². The molecule has 0 aliphatic rings. The number of aromatic nitrogens is 1. The first-order chi connectivity index (χ1) is 10.6. The van der Waals surface area contributed by atoms with E-state index in [1.165, 1.54) is 0 Å². The minimum Gasteiger partial charge on any atom is -0.451 e. The Hall–Kier alpha value is -2.43. The van der Waals surface area contributed by atoms with E-state index in [-0.39, 0.29) is 24.2 Å². The highest BCUT2D eigenvalue weighted by Gasteiger charge is 2.13. The predicted molar refractivity (Wildman–Crippen MR) is 84.5 cm³/mol. The summed E-state index contributed by atoms with van der Waals surface area (Å²) in [4.78, 5) is 27.8. The lowest BCUT2D eigenvalue weighted by Gasteiger charge is -2.12. The number of amides is 1. The Kier molecular flexibility index (Phi) is 5.47. The van der Waals surface area contributed by atoms with Crippen LogP contribution in [0.5, 0.6) is 0 Å². The molecule has 2 rings (SSSR count). The Morgan fingerprint density at radius 1 is 1.23 bits per heavy atom. The van der Waals surface area contributed by atoms with Gasteiger partial charge in [0.25, 0.3) is 5.91 Å². The SMILES string of the molecule is CCC[C@H](C)NC(=O)COC(=O)c1ccc2ccccc2n1. The number of hydrogen-bond donors (Lipinski definition) is 1. The van der Waals surface area contributed by atoms with E-state index in [1.807, 2.05) is 44.2 Å². The fourth-order valence-electron chi connectivity index (χ4n) is 2.21. The van der Waals surface area contributed by atoms with Crippen molar-refractivity contribution in [3.63, 3.8) is 0 Å². The summed E-state index contributed by atoms with van der Waals surface area (Å²) in [6.45, 7) is 3.68. The van der Waals surface area contributed by atoms with Crippen molar-refractivity contribution in [3.8, 4) is 0 Å². The molecule has 1 N–H and O–H groups in total. The molecule has 1 aromatic heterocycles. The Balaban J connectivity index is 1.92. The van der Waals surface area contributed by atoms with E-state index in [0.717, 1.165) is 23.7 Å². The fourth-order valence-corrected chi connectivity index (χ4v) is 2.21. The Morgan fingerprint density at radius 3 is 2.77 bits per heavy atom. The maximum Gasteiger partial charge on any atom is 0.357 e. The van der Waals surface area contributed by atoms with Crippen molar-refractivity contribution in [2.45, 2.75) is 32.7 Å². The van der Waals surface area contributed by atoms with Crippen molar-refractivity contribution in [3.05, 3.63) is 42.1 Å². The smallest absolute Gasteiger partial charge is 0.357 e. The number of esters is 1. The van der Waals surface area contributed by atoms with E-state index in [2.05, 4.69) is 10.3 Å². The summed E-state index contributed by atoms with van der Waals surface area (Å²) in [6.07, 6.45) is 1.88. The highest BCUT2D eigenvalue weighted by Crippen LogP contribution is 2.12. The third kappa shape index (κ3) is 4.28. The molecule has 0 aliphatic carbocycles. The molecule has 116 valence electrons. The summed E-state index contributed by atoms with van der Waals surface area (Å²) in [5.41, 5.74) is 0.922. The standard InChI is InChI=1S/C17H20N2O3/c1-3-6-12(2)18-16(20)11-22-17(21)15-10-9-13-7-4-5-8-14(13)19-15/h4-5,7-10,12H,3,6,11H2,1-2H3,(H,18,20)/t12-/m0/s1. The number of carbonyl (C=O) groups is 2. The monoisotopic (exact) mass is 300 g/mol. The van der Waals surface area contributed by atoms with Gasteiger partial charge in [0, 0.05) is 11.4 Å². The van der Waals surface area contributed by atoms with E-state index in [1.54, 1.807) is 6.07 Å². The Bertz CT molecular complexity index is 670. The van der Waals surface area contributed by atoms with Crippen LogP contribution >= 0.6 is 0 Å². The first-order valence-electron chi connectivity index (χ1n) is 7.42. The quantitative estimate of drug-likeness (QED) is 0.833. The third-order valence-electron chi connectivity index (χ3n) is 3.27. The largest absolute Gasteiger partial charge is 0.451 e. The van der Waals surface area contributed by atoms with Crippen LogP contribution in [-0.4, -0.2) is 29.5 Å². The number of hydrogen-bond acceptors (Lipinski definition) is 4. The highest BCUT2D eigenvalue weighted by molar-refractivity contribution is 5.92. The number of fused-ring (bicyclic) bond motifs is 1. The number of para-hydroxylation sites is 1. The van der Waals surface area contributed by atoms with Gasteiger partial charge in [0.05, 0.1) is 5.52 Å². The third-order valence-corrected chi connectivity index (χ3v) is 3.27. The lowest BCUT2D eigenvalue weighted by molar-refractivity contribution is -0.124. The molecule has 5 nitrogen and oxygen atoms in total. The predicted octanol–water partition coefficient (Wildman–Crippen LogP) is 2.70. The van der Waals surface area contributed by atoms with Crippen LogP contribution in [-0.2, 0) is 9.53 Å². The van der Waals surface area contributed by atoms with Gasteiger partial charge in [0.1, 0.15) is 5.69 Å². The summed E-state index contributed by atoms with van der Waals surface area (Å²) in [7, 11) is 0. The van der Waals surface area contributed by atoms with Gasteiger partial charge in [-0.2, -0.15) is 0 Å². The van der Waals surface area contributed by atoms with Crippen LogP contribution in [0.3, 0.4) is 0 Å². The summed E-state index contributed by atoms with van der Waals surface area (Å²) < 4.78 is 5.00. The molecule has 0 aliphatic heterocycles. The van der Waals surface area contributed by atoms with Gasteiger partial charge in [0.2, 0.25) is 0 Å². The van der Waals surface area contributed by atoms with Crippen LogP contribution < -0.4 is 5.32 Å². The van der Waals surface area contributed by atoms with Crippen LogP contribution in [0.1, 0.15) is 37.2 Å². The molecular weight excluding hydrogens is 280 g/mol. The van der Waals surface area contributed by atoms with Gasteiger partial charge in [-0.25, -0.2) is 9.78 Å². The molecule has 0 spiro atoms. The molecular formula is C17H20N2O3. The second-order valence-electron chi connectivity index (χ2n) is 5.22. The average molecular weight is 300 g/mol. The van der Waals surface area contributed by atoms with E-state index in [4.69, 9.17) is 4.74 Å². The molecule has 1 atom stereocenters. The van der Waals surface area contributed by atoms with Crippen molar-refractivity contribution in [1.82, 2.24) is 10.3 Å². The van der Waals surface area contributed by atoms with Crippen LogP contribution in [0.15, 0.2) is 36.4 Å². The molecule has 0 fully saturated rings.